The zero-order chi connectivity index (χ0) is 21.7. The van der Waals surface area contributed by atoms with Crippen LogP contribution in [0.5, 0.6) is 11.6 Å². The molecule has 3 rings (SSSR count). The number of benzene rings is 1. The molecule has 1 fully saturated rings. The number of amides is 1. The van der Waals surface area contributed by atoms with Crippen LogP contribution in [0, 0.1) is 0 Å². The van der Waals surface area contributed by atoms with Gasteiger partial charge in [-0.1, -0.05) is 11.6 Å². The topological polar surface area (TPSA) is 54.9 Å². The molecule has 162 valence electrons. The van der Waals surface area contributed by atoms with Crippen molar-refractivity contribution in [2.24, 2.45) is 0 Å². The third-order valence-electron chi connectivity index (χ3n) is 4.65. The first-order chi connectivity index (χ1) is 14.3. The molecular formula is C20H21ClF3N3O3. The molecule has 0 atom stereocenters. The summed E-state index contributed by atoms with van der Waals surface area (Å²) >= 11 is 5.96. The number of carbonyl (C=O) groups excluding carboxylic acids is 1. The lowest BCUT2D eigenvalue weighted by Crippen LogP contribution is -2.35. The number of hydrogen-bond donors (Lipinski definition) is 0. The molecule has 1 aliphatic rings. The summed E-state index contributed by atoms with van der Waals surface area (Å²) in [6.45, 7) is 0.982. The molecule has 0 radical (unpaired) electrons. The van der Waals surface area contributed by atoms with E-state index in [0.29, 0.717) is 19.6 Å². The van der Waals surface area contributed by atoms with Gasteiger partial charge in [0.25, 0.3) is 5.91 Å². The highest BCUT2D eigenvalue weighted by Crippen LogP contribution is 2.26. The van der Waals surface area contributed by atoms with Crippen LogP contribution in [0.3, 0.4) is 0 Å². The van der Waals surface area contributed by atoms with E-state index in [-0.39, 0.29) is 22.4 Å². The molecule has 1 aliphatic heterocycles. The van der Waals surface area contributed by atoms with Crippen molar-refractivity contribution in [1.82, 2.24) is 9.88 Å². The number of hydrogen-bond acceptors (Lipinski definition) is 5. The Bertz CT molecular complexity index is 878. The average Bonchev–Trinajstić information content (AvgIpc) is 2.98. The number of rotatable bonds is 5. The number of ether oxygens (including phenoxy) is 2. The largest absolute Gasteiger partial charge is 0.497 e. The van der Waals surface area contributed by atoms with Crippen LogP contribution < -0.4 is 14.4 Å². The van der Waals surface area contributed by atoms with Gasteiger partial charge in [-0.3, -0.25) is 4.79 Å². The number of nitrogens with zero attached hydrogens (tertiary/aromatic N) is 3. The summed E-state index contributed by atoms with van der Waals surface area (Å²) < 4.78 is 46.6. The lowest BCUT2D eigenvalue weighted by atomic mass is 10.2. The third kappa shape index (κ3) is 5.69. The fraction of sp³-hybridized carbons (Fsp3) is 0.400. The summed E-state index contributed by atoms with van der Waals surface area (Å²) in [7, 11) is 1.61. The Balaban J connectivity index is 1.63. The van der Waals surface area contributed by atoms with Gasteiger partial charge in [-0.2, -0.15) is 13.2 Å². The van der Waals surface area contributed by atoms with Gasteiger partial charge >= 0.3 is 6.18 Å². The summed E-state index contributed by atoms with van der Waals surface area (Å²) in [6, 6.07) is 9.01. The maximum Gasteiger partial charge on any atom is 0.422 e. The van der Waals surface area contributed by atoms with E-state index >= 15 is 0 Å². The minimum atomic E-state index is -4.50. The molecule has 1 aromatic carbocycles. The van der Waals surface area contributed by atoms with Crippen molar-refractivity contribution in [2.75, 3.05) is 44.8 Å². The highest BCUT2D eigenvalue weighted by Gasteiger charge is 2.29. The van der Waals surface area contributed by atoms with Crippen LogP contribution in [-0.2, 0) is 0 Å². The molecular weight excluding hydrogens is 423 g/mol. The average molecular weight is 444 g/mol. The van der Waals surface area contributed by atoms with Crippen LogP contribution in [0.4, 0.5) is 18.9 Å². The highest BCUT2D eigenvalue weighted by molar-refractivity contribution is 6.32. The summed E-state index contributed by atoms with van der Waals surface area (Å²) in [5.41, 5.74) is 1.25. The van der Waals surface area contributed by atoms with Gasteiger partial charge in [-0.15, -0.1) is 0 Å². The van der Waals surface area contributed by atoms with E-state index in [1.807, 2.05) is 24.3 Å². The summed E-state index contributed by atoms with van der Waals surface area (Å²) in [4.78, 5) is 20.5. The monoisotopic (exact) mass is 443 g/mol. The number of pyridine rings is 1. The Labute approximate surface area is 177 Å². The molecule has 6 nitrogen and oxygen atoms in total. The highest BCUT2D eigenvalue weighted by atomic mass is 35.5. The Kier molecular flexibility index (Phi) is 6.91. The van der Waals surface area contributed by atoms with Gasteiger partial charge < -0.3 is 19.3 Å². The molecule has 1 saturated heterocycles. The van der Waals surface area contributed by atoms with Crippen LogP contribution >= 0.6 is 11.6 Å². The molecule has 0 bridgehead atoms. The molecule has 0 N–H and O–H groups in total. The number of anilines is 1. The van der Waals surface area contributed by atoms with Crippen molar-refractivity contribution in [2.45, 2.75) is 12.6 Å². The van der Waals surface area contributed by atoms with Crippen molar-refractivity contribution in [3.63, 3.8) is 0 Å². The number of aromatic nitrogens is 1. The third-order valence-corrected chi connectivity index (χ3v) is 4.92. The molecule has 0 unspecified atom stereocenters. The summed E-state index contributed by atoms with van der Waals surface area (Å²) in [5, 5.41) is -0.139. The normalized spacial score (nSPS) is 15.0. The molecule has 30 heavy (non-hydrogen) atoms. The quantitative estimate of drug-likeness (QED) is 0.698. The van der Waals surface area contributed by atoms with E-state index in [2.05, 4.69) is 14.6 Å². The standard InChI is InChI=1S/C20H21ClF3N3O3/c1-29-16-5-3-15(4-6-16)26-7-2-8-27(10-9-26)19(28)14-11-17(21)18(25-12-14)30-13-20(22,23)24/h3-6,11-12H,2,7-10,13H2,1H3. The van der Waals surface area contributed by atoms with E-state index in [9.17, 15) is 18.0 Å². The second kappa shape index (κ2) is 9.42. The van der Waals surface area contributed by atoms with Crippen molar-refractivity contribution in [3.05, 3.63) is 47.1 Å². The van der Waals surface area contributed by atoms with Gasteiger partial charge in [0.05, 0.1) is 12.7 Å². The van der Waals surface area contributed by atoms with E-state index in [1.165, 1.54) is 12.3 Å². The predicted molar refractivity (Wildman–Crippen MR) is 107 cm³/mol. The van der Waals surface area contributed by atoms with Crippen molar-refractivity contribution in [3.8, 4) is 11.6 Å². The molecule has 0 spiro atoms. The van der Waals surface area contributed by atoms with Gasteiger partial charge in [-0.05, 0) is 36.8 Å². The van der Waals surface area contributed by atoms with Crippen molar-refractivity contribution >= 4 is 23.2 Å². The van der Waals surface area contributed by atoms with Crippen LogP contribution in [0.25, 0.3) is 0 Å². The molecule has 1 amide bonds. The number of carbonyl (C=O) groups is 1. The zero-order valence-electron chi connectivity index (χ0n) is 16.3. The molecule has 2 heterocycles. The van der Waals surface area contributed by atoms with Gasteiger partial charge in [0.1, 0.15) is 10.8 Å². The first-order valence-corrected chi connectivity index (χ1v) is 9.68. The first-order valence-electron chi connectivity index (χ1n) is 9.30. The lowest BCUT2D eigenvalue weighted by molar-refractivity contribution is -0.154. The fourth-order valence-corrected chi connectivity index (χ4v) is 3.37. The van der Waals surface area contributed by atoms with E-state index in [1.54, 1.807) is 12.0 Å². The molecule has 10 heteroatoms. The smallest absolute Gasteiger partial charge is 0.422 e. The van der Waals surface area contributed by atoms with E-state index in [4.69, 9.17) is 16.3 Å². The molecule has 2 aromatic rings. The minimum Gasteiger partial charge on any atom is -0.497 e. The SMILES string of the molecule is COc1ccc(N2CCCN(C(=O)c3cnc(OCC(F)(F)F)c(Cl)c3)CC2)cc1. The lowest BCUT2D eigenvalue weighted by Gasteiger charge is -2.24. The second-order valence-electron chi connectivity index (χ2n) is 6.75. The van der Waals surface area contributed by atoms with Gasteiger partial charge in [0.15, 0.2) is 6.61 Å². The van der Waals surface area contributed by atoms with E-state index < -0.39 is 12.8 Å². The Morgan fingerprint density at radius 2 is 1.90 bits per heavy atom. The Hall–Kier alpha value is -2.68. The van der Waals surface area contributed by atoms with Crippen molar-refractivity contribution < 1.29 is 27.4 Å². The van der Waals surface area contributed by atoms with Crippen LogP contribution in [0.15, 0.2) is 36.5 Å². The van der Waals surface area contributed by atoms with Crippen molar-refractivity contribution in [1.29, 1.82) is 0 Å². The molecule has 0 aliphatic carbocycles. The molecule has 0 saturated carbocycles. The van der Waals surface area contributed by atoms with Gasteiger partial charge in [0, 0.05) is 38.1 Å². The summed E-state index contributed by atoms with van der Waals surface area (Å²) in [5.74, 6) is 0.146. The first kappa shape index (κ1) is 22.0. The number of methoxy groups -OCH3 is 1. The number of halogens is 4. The van der Waals surface area contributed by atoms with Gasteiger partial charge in [-0.25, -0.2) is 4.98 Å². The Morgan fingerprint density at radius 1 is 1.17 bits per heavy atom. The maximum absolute atomic E-state index is 12.8. The zero-order valence-corrected chi connectivity index (χ0v) is 17.0. The molecule has 1 aromatic heterocycles. The van der Waals surface area contributed by atoms with Crippen LogP contribution in [0.2, 0.25) is 5.02 Å². The van der Waals surface area contributed by atoms with Crippen LogP contribution in [-0.4, -0.2) is 61.9 Å². The van der Waals surface area contributed by atoms with E-state index in [0.717, 1.165) is 24.4 Å². The fourth-order valence-electron chi connectivity index (χ4n) is 3.15. The van der Waals surface area contributed by atoms with Gasteiger partial charge in [0.2, 0.25) is 5.88 Å². The second-order valence-corrected chi connectivity index (χ2v) is 7.15. The number of alkyl halides is 3. The maximum atomic E-state index is 12.8. The Morgan fingerprint density at radius 3 is 2.53 bits per heavy atom. The van der Waals surface area contributed by atoms with Crippen LogP contribution in [0.1, 0.15) is 16.8 Å². The minimum absolute atomic E-state index is 0.139. The summed E-state index contributed by atoms with van der Waals surface area (Å²) in [6.07, 6.45) is -2.54. The predicted octanol–water partition coefficient (Wildman–Crippen LogP) is 4.04.